The van der Waals surface area contributed by atoms with E-state index < -0.39 is 20.9 Å². The zero-order valence-corrected chi connectivity index (χ0v) is 15.8. The topological polar surface area (TPSA) is 102 Å². The number of amides is 1. The normalized spacial score (nSPS) is 11.6. The number of halogens is 2. The van der Waals surface area contributed by atoms with E-state index in [4.69, 9.17) is 23.2 Å². The lowest BCUT2D eigenvalue weighted by Crippen LogP contribution is -2.18. The van der Waals surface area contributed by atoms with Crippen LogP contribution in [0.3, 0.4) is 0 Å². The molecule has 0 aliphatic heterocycles. The van der Waals surface area contributed by atoms with Crippen molar-refractivity contribution in [1.82, 2.24) is 15.0 Å². The molecule has 0 aliphatic carbocycles. The van der Waals surface area contributed by atoms with Gasteiger partial charge in [-0.25, -0.2) is 23.4 Å². The van der Waals surface area contributed by atoms with E-state index in [1.54, 1.807) is 18.2 Å². The van der Waals surface area contributed by atoms with Crippen molar-refractivity contribution < 1.29 is 13.2 Å². The van der Waals surface area contributed by atoms with Gasteiger partial charge in [0, 0.05) is 5.02 Å². The van der Waals surface area contributed by atoms with Crippen LogP contribution in [-0.2, 0) is 9.84 Å². The molecular formula is C14H10Cl2N4O3S2. The Bertz CT molecular complexity index is 1080. The number of nitrogens with one attached hydrogen (secondary N) is 1. The van der Waals surface area contributed by atoms with Gasteiger partial charge in [0.25, 0.3) is 5.91 Å². The van der Waals surface area contributed by atoms with Crippen LogP contribution in [-0.4, -0.2) is 35.0 Å². The second-order valence-electron chi connectivity index (χ2n) is 4.84. The van der Waals surface area contributed by atoms with Crippen LogP contribution in [0.5, 0.6) is 0 Å². The number of nitrogens with zero attached hydrogens (tertiary/aromatic N) is 3. The Morgan fingerprint density at radius 3 is 2.76 bits per heavy atom. The Morgan fingerprint density at radius 2 is 2.04 bits per heavy atom. The maximum atomic E-state index is 12.4. The summed E-state index contributed by atoms with van der Waals surface area (Å²) in [7, 11) is -3.66. The summed E-state index contributed by atoms with van der Waals surface area (Å²) in [6, 6.07) is 5.15. The molecule has 1 aromatic carbocycles. The predicted octanol–water partition coefficient (Wildman–Crippen LogP) is 3.44. The van der Waals surface area contributed by atoms with E-state index in [2.05, 4.69) is 20.3 Å². The SMILES string of the molecule is CCS(=O)(=O)c1ncc(Cl)c(C(=O)Nc2nc3ccc(Cl)cc3s2)n1. The van der Waals surface area contributed by atoms with Crippen LogP contribution < -0.4 is 5.32 Å². The molecule has 0 fully saturated rings. The van der Waals surface area contributed by atoms with E-state index in [9.17, 15) is 13.2 Å². The van der Waals surface area contributed by atoms with Crippen molar-refractivity contribution in [3.8, 4) is 0 Å². The first-order chi connectivity index (χ1) is 11.8. The summed E-state index contributed by atoms with van der Waals surface area (Å²) in [4.78, 5) is 24.1. The van der Waals surface area contributed by atoms with Crippen LogP contribution >= 0.6 is 34.5 Å². The Kier molecular flexibility index (Phi) is 4.92. The second kappa shape index (κ2) is 6.83. The molecule has 0 unspecified atom stereocenters. The van der Waals surface area contributed by atoms with Gasteiger partial charge in [0.15, 0.2) is 10.8 Å². The molecule has 0 atom stereocenters. The summed E-state index contributed by atoms with van der Waals surface area (Å²) in [5, 5.41) is 2.93. The maximum Gasteiger partial charge on any atom is 0.277 e. The minimum Gasteiger partial charge on any atom is -0.296 e. The largest absolute Gasteiger partial charge is 0.296 e. The summed E-state index contributed by atoms with van der Waals surface area (Å²) >= 11 is 13.1. The highest BCUT2D eigenvalue weighted by Gasteiger charge is 2.21. The molecule has 25 heavy (non-hydrogen) atoms. The minimum absolute atomic E-state index is 0.0586. The number of fused-ring (bicyclic) bond motifs is 1. The average molecular weight is 417 g/mol. The van der Waals surface area contributed by atoms with Crippen LogP contribution in [0.2, 0.25) is 10.0 Å². The molecule has 3 aromatic rings. The molecule has 0 spiro atoms. The number of sulfone groups is 1. The van der Waals surface area contributed by atoms with Crippen molar-refractivity contribution in [1.29, 1.82) is 0 Å². The Morgan fingerprint density at radius 1 is 1.28 bits per heavy atom. The van der Waals surface area contributed by atoms with Crippen LogP contribution in [0, 0.1) is 0 Å². The number of benzene rings is 1. The van der Waals surface area contributed by atoms with Gasteiger partial charge in [-0.05, 0) is 18.2 Å². The Hall–Kier alpha value is -1.81. The lowest BCUT2D eigenvalue weighted by atomic mass is 10.3. The first-order valence-corrected chi connectivity index (χ1v) is 10.2. The summed E-state index contributed by atoms with van der Waals surface area (Å²) in [6.45, 7) is 1.46. The molecular weight excluding hydrogens is 407 g/mol. The monoisotopic (exact) mass is 416 g/mol. The fraction of sp³-hybridized carbons (Fsp3) is 0.143. The van der Waals surface area contributed by atoms with Crippen molar-refractivity contribution in [3.05, 3.63) is 40.1 Å². The lowest BCUT2D eigenvalue weighted by molar-refractivity contribution is 0.102. The first-order valence-electron chi connectivity index (χ1n) is 6.93. The number of anilines is 1. The van der Waals surface area contributed by atoms with Gasteiger partial charge in [-0.15, -0.1) is 0 Å². The highest BCUT2D eigenvalue weighted by molar-refractivity contribution is 7.91. The van der Waals surface area contributed by atoms with Gasteiger partial charge in [-0.2, -0.15) is 0 Å². The number of hydrogen-bond donors (Lipinski definition) is 1. The third-order valence-electron chi connectivity index (χ3n) is 3.17. The summed E-state index contributed by atoms with van der Waals surface area (Å²) in [5.74, 6) is -0.862. The summed E-state index contributed by atoms with van der Waals surface area (Å²) < 4.78 is 24.5. The van der Waals surface area contributed by atoms with E-state index in [0.717, 1.165) is 10.9 Å². The number of rotatable bonds is 4. The number of carbonyl (C=O) groups excluding carboxylic acids is 1. The lowest BCUT2D eigenvalue weighted by Gasteiger charge is -2.05. The van der Waals surface area contributed by atoms with Gasteiger partial charge in [0.05, 0.1) is 27.2 Å². The molecule has 0 saturated carbocycles. The van der Waals surface area contributed by atoms with Gasteiger partial charge < -0.3 is 0 Å². The number of hydrogen-bond acceptors (Lipinski definition) is 7. The fourth-order valence-corrected chi connectivity index (χ4v) is 3.91. The minimum atomic E-state index is -3.66. The quantitative estimate of drug-likeness (QED) is 0.653. The van der Waals surface area contributed by atoms with E-state index >= 15 is 0 Å². The fourth-order valence-electron chi connectivity index (χ4n) is 1.90. The van der Waals surface area contributed by atoms with Gasteiger partial charge in [0.1, 0.15) is 0 Å². The molecule has 1 amide bonds. The van der Waals surface area contributed by atoms with Crippen molar-refractivity contribution in [2.75, 3.05) is 11.1 Å². The molecule has 2 aromatic heterocycles. The summed E-state index contributed by atoms with van der Waals surface area (Å²) in [5.41, 5.74) is 0.439. The summed E-state index contributed by atoms with van der Waals surface area (Å²) in [6.07, 6.45) is 1.09. The van der Waals surface area contributed by atoms with Crippen molar-refractivity contribution in [2.45, 2.75) is 12.1 Å². The van der Waals surface area contributed by atoms with Crippen molar-refractivity contribution in [3.63, 3.8) is 0 Å². The zero-order chi connectivity index (χ0) is 18.2. The standard InChI is InChI=1S/C14H10Cl2N4O3S2/c1-2-25(22,23)14-17-6-8(16)11(19-14)12(21)20-13-18-9-4-3-7(15)5-10(9)24-13/h3-6H,2H2,1H3,(H,18,20,21). The van der Waals surface area contributed by atoms with E-state index in [-0.39, 0.29) is 16.5 Å². The van der Waals surface area contributed by atoms with E-state index in [1.807, 2.05) is 0 Å². The smallest absolute Gasteiger partial charge is 0.277 e. The highest BCUT2D eigenvalue weighted by atomic mass is 35.5. The molecule has 11 heteroatoms. The van der Waals surface area contributed by atoms with Crippen LogP contribution in [0.1, 0.15) is 17.4 Å². The molecule has 0 aliphatic rings. The molecule has 3 rings (SSSR count). The average Bonchev–Trinajstić information content (AvgIpc) is 2.96. The molecule has 7 nitrogen and oxygen atoms in total. The Balaban J connectivity index is 1.93. The van der Waals surface area contributed by atoms with E-state index in [1.165, 1.54) is 18.3 Å². The molecule has 0 radical (unpaired) electrons. The number of thiazole rings is 1. The molecule has 130 valence electrons. The maximum absolute atomic E-state index is 12.4. The highest BCUT2D eigenvalue weighted by Crippen LogP contribution is 2.29. The first kappa shape index (κ1) is 18.0. The van der Waals surface area contributed by atoms with Gasteiger partial charge in [0.2, 0.25) is 15.0 Å². The number of carbonyl (C=O) groups is 1. The molecule has 2 heterocycles. The third-order valence-corrected chi connectivity index (χ3v) is 6.12. The van der Waals surface area contributed by atoms with Crippen LogP contribution in [0.4, 0.5) is 5.13 Å². The number of aromatic nitrogens is 3. The van der Waals surface area contributed by atoms with Gasteiger partial charge in [-0.3, -0.25) is 10.1 Å². The van der Waals surface area contributed by atoms with Crippen LogP contribution in [0.15, 0.2) is 29.6 Å². The zero-order valence-electron chi connectivity index (χ0n) is 12.7. The molecule has 0 bridgehead atoms. The van der Waals surface area contributed by atoms with Crippen LogP contribution in [0.25, 0.3) is 10.2 Å². The molecule has 0 saturated heterocycles. The third kappa shape index (κ3) is 3.74. The second-order valence-corrected chi connectivity index (χ2v) is 8.88. The Labute approximate surface area is 157 Å². The predicted molar refractivity (Wildman–Crippen MR) is 97.4 cm³/mol. The van der Waals surface area contributed by atoms with Crippen molar-refractivity contribution in [2.24, 2.45) is 0 Å². The van der Waals surface area contributed by atoms with Gasteiger partial charge >= 0.3 is 0 Å². The van der Waals surface area contributed by atoms with E-state index in [0.29, 0.717) is 15.7 Å². The van der Waals surface area contributed by atoms with Gasteiger partial charge in [-0.1, -0.05) is 41.5 Å². The molecule has 1 N–H and O–H groups in total. The van der Waals surface area contributed by atoms with Crippen molar-refractivity contribution >= 4 is 65.6 Å².